The van der Waals surface area contributed by atoms with Gasteiger partial charge in [-0.15, -0.1) is 0 Å². The average molecular weight is 301 g/mol. The Morgan fingerprint density at radius 1 is 0.696 bits per heavy atom. The van der Waals surface area contributed by atoms with E-state index in [4.69, 9.17) is 14.7 Å². The van der Waals surface area contributed by atoms with Gasteiger partial charge >= 0.3 is 0 Å². The lowest BCUT2D eigenvalue weighted by Crippen LogP contribution is -1.94. The maximum Gasteiger partial charge on any atom is 0.127 e. The predicted octanol–water partition coefficient (Wildman–Crippen LogP) is 4.93. The molecule has 3 heteroatoms. The molecule has 0 spiro atoms. The summed E-state index contributed by atoms with van der Waals surface area (Å²) in [4.78, 5) is 0. The molecular weight excluding hydrogens is 286 g/mol. The van der Waals surface area contributed by atoms with Gasteiger partial charge in [0.25, 0.3) is 0 Å². The fourth-order valence-corrected chi connectivity index (χ4v) is 2.08. The van der Waals surface area contributed by atoms with Crippen LogP contribution in [0.5, 0.6) is 17.2 Å². The normalized spacial score (nSPS) is 9.87. The van der Waals surface area contributed by atoms with Crippen LogP contribution >= 0.6 is 0 Å². The molecule has 0 atom stereocenters. The summed E-state index contributed by atoms with van der Waals surface area (Å²) in [6, 6.07) is 26.6. The summed E-state index contributed by atoms with van der Waals surface area (Å²) in [5, 5.41) is 8.78. The number of nitriles is 1. The zero-order valence-electron chi connectivity index (χ0n) is 12.5. The molecule has 3 rings (SSSR count). The molecule has 0 aliphatic heterocycles. The minimum absolute atomic E-state index is 0.538. The monoisotopic (exact) mass is 301 g/mol. The Morgan fingerprint density at radius 2 is 1.26 bits per heavy atom. The molecule has 3 aromatic rings. The zero-order chi connectivity index (χ0) is 15.9. The van der Waals surface area contributed by atoms with Crippen molar-refractivity contribution in [3.05, 3.63) is 90.0 Å². The second kappa shape index (κ2) is 7.15. The van der Waals surface area contributed by atoms with Gasteiger partial charge in [0.1, 0.15) is 23.9 Å². The molecule has 0 amide bonds. The van der Waals surface area contributed by atoms with Crippen LogP contribution in [0.3, 0.4) is 0 Å². The van der Waals surface area contributed by atoms with Crippen molar-refractivity contribution >= 4 is 0 Å². The highest BCUT2D eigenvalue weighted by Gasteiger charge is 2.00. The van der Waals surface area contributed by atoms with Crippen molar-refractivity contribution < 1.29 is 9.47 Å². The van der Waals surface area contributed by atoms with Gasteiger partial charge in [0.05, 0.1) is 11.6 Å². The summed E-state index contributed by atoms with van der Waals surface area (Å²) in [7, 11) is 0. The van der Waals surface area contributed by atoms with Crippen LogP contribution in [0.2, 0.25) is 0 Å². The van der Waals surface area contributed by atoms with Gasteiger partial charge in [-0.25, -0.2) is 0 Å². The van der Waals surface area contributed by atoms with Crippen molar-refractivity contribution in [3.8, 4) is 23.3 Å². The molecule has 0 saturated heterocycles. The molecule has 3 aromatic carbocycles. The minimum Gasteiger partial charge on any atom is -0.489 e. The van der Waals surface area contributed by atoms with E-state index in [1.807, 2.05) is 54.6 Å². The second-order valence-electron chi connectivity index (χ2n) is 4.98. The predicted molar refractivity (Wildman–Crippen MR) is 88.4 cm³/mol. The maximum absolute atomic E-state index is 8.78. The summed E-state index contributed by atoms with van der Waals surface area (Å²) < 4.78 is 11.5. The standard InChI is InChI=1S/C20H15NO2/c21-14-16-6-8-19(9-7-16)23-20-12-10-18(11-13-20)22-15-17-4-2-1-3-5-17/h1-13H,15H2. The lowest BCUT2D eigenvalue weighted by atomic mass is 10.2. The number of hydrogen-bond donors (Lipinski definition) is 0. The van der Waals surface area contributed by atoms with Crippen LogP contribution in [-0.2, 0) is 6.61 Å². The van der Waals surface area contributed by atoms with Gasteiger partial charge in [0.2, 0.25) is 0 Å². The van der Waals surface area contributed by atoms with Crippen LogP contribution in [-0.4, -0.2) is 0 Å². The van der Waals surface area contributed by atoms with E-state index in [-0.39, 0.29) is 0 Å². The van der Waals surface area contributed by atoms with Crippen molar-refractivity contribution in [1.29, 1.82) is 5.26 Å². The van der Waals surface area contributed by atoms with E-state index in [2.05, 4.69) is 6.07 Å². The molecule has 112 valence electrons. The third kappa shape index (κ3) is 4.12. The van der Waals surface area contributed by atoms with E-state index in [1.54, 1.807) is 24.3 Å². The lowest BCUT2D eigenvalue weighted by Gasteiger charge is -2.08. The highest BCUT2D eigenvalue weighted by molar-refractivity contribution is 5.38. The minimum atomic E-state index is 0.538. The first-order chi connectivity index (χ1) is 11.3. The zero-order valence-corrected chi connectivity index (χ0v) is 12.5. The van der Waals surface area contributed by atoms with Crippen LogP contribution in [0, 0.1) is 11.3 Å². The number of nitrogens with zero attached hydrogens (tertiary/aromatic N) is 1. The molecule has 0 radical (unpaired) electrons. The molecule has 0 N–H and O–H groups in total. The molecule has 0 fully saturated rings. The largest absolute Gasteiger partial charge is 0.489 e. The van der Waals surface area contributed by atoms with E-state index >= 15 is 0 Å². The van der Waals surface area contributed by atoms with Crippen LogP contribution < -0.4 is 9.47 Å². The molecule has 0 aliphatic rings. The molecule has 23 heavy (non-hydrogen) atoms. The highest BCUT2D eigenvalue weighted by Crippen LogP contribution is 2.24. The molecule has 0 saturated carbocycles. The summed E-state index contributed by atoms with van der Waals surface area (Å²) in [6.45, 7) is 0.538. The summed E-state index contributed by atoms with van der Waals surface area (Å²) >= 11 is 0. The summed E-state index contributed by atoms with van der Waals surface area (Å²) in [5.74, 6) is 2.21. The summed E-state index contributed by atoms with van der Waals surface area (Å²) in [5.41, 5.74) is 1.74. The Balaban J connectivity index is 1.59. The van der Waals surface area contributed by atoms with Gasteiger partial charge in [0.15, 0.2) is 0 Å². The van der Waals surface area contributed by atoms with Gasteiger partial charge in [-0.3, -0.25) is 0 Å². The van der Waals surface area contributed by atoms with Crippen LogP contribution in [0.25, 0.3) is 0 Å². The van der Waals surface area contributed by atoms with E-state index in [9.17, 15) is 0 Å². The van der Waals surface area contributed by atoms with Crippen molar-refractivity contribution in [2.45, 2.75) is 6.61 Å². The number of benzene rings is 3. The maximum atomic E-state index is 8.78. The molecule has 0 heterocycles. The topological polar surface area (TPSA) is 42.2 Å². The first kappa shape index (κ1) is 14.7. The highest BCUT2D eigenvalue weighted by atomic mass is 16.5. The van der Waals surface area contributed by atoms with E-state index in [0.717, 1.165) is 17.1 Å². The lowest BCUT2D eigenvalue weighted by molar-refractivity contribution is 0.306. The SMILES string of the molecule is N#Cc1ccc(Oc2ccc(OCc3ccccc3)cc2)cc1. The van der Waals surface area contributed by atoms with Gasteiger partial charge in [0, 0.05) is 0 Å². The van der Waals surface area contributed by atoms with Crippen LogP contribution in [0.1, 0.15) is 11.1 Å². The van der Waals surface area contributed by atoms with E-state index in [1.165, 1.54) is 0 Å². The van der Waals surface area contributed by atoms with Gasteiger partial charge in [-0.2, -0.15) is 5.26 Å². The fourth-order valence-electron chi connectivity index (χ4n) is 2.08. The molecular formula is C20H15NO2. The van der Waals surface area contributed by atoms with Crippen LogP contribution in [0.4, 0.5) is 0 Å². The molecule has 0 unspecified atom stereocenters. The Morgan fingerprint density at radius 3 is 1.87 bits per heavy atom. The summed E-state index contributed by atoms with van der Waals surface area (Å²) in [6.07, 6.45) is 0. The van der Waals surface area contributed by atoms with Crippen molar-refractivity contribution in [1.82, 2.24) is 0 Å². The molecule has 0 aromatic heterocycles. The van der Waals surface area contributed by atoms with Crippen molar-refractivity contribution in [2.24, 2.45) is 0 Å². The van der Waals surface area contributed by atoms with Crippen molar-refractivity contribution in [3.63, 3.8) is 0 Å². The molecule has 3 nitrogen and oxygen atoms in total. The van der Waals surface area contributed by atoms with Gasteiger partial charge in [-0.1, -0.05) is 30.3 Å². The smallest absolute Gasteiger partial charge is 0.127 e. The van der Waals surface area contributed by atoms with Gasteiger partial charge in [-0.05, 0) is 54.1 Å². The third-order valence-corrected chi connectivity index (χ3v) is 3.29. The van der Waals surface area contributed by atoms with E-state index < -0.39 is 0 Å². The molecule has 0 aliphatic carbocycles. The Kier molecular flexibility index (Phi) is 4.56. The quantitative estimate of drug-likeness (QED) is 0.671. The van der Waals surface area contributed by atoms with Crippen LogP contribution in [0.15, 0.2) is 78.9 Å². The van der Waals surface area contributed by atoms with Gasteiger partial charge < -0.3 is 9.47 Å². The fraction of sp³-hybridized carbons (Fsp3) is 0.0500. The Bertz CT molecular complexity index is 788. The second-order valence-corrected chi connectivity index (χ2v) is 4.98. The number of ether oxygens (including phenoxy) is 2. The van der Waals surface area contributed by atoms with E-state index in [0.29, 0.717) is 17.9 Å². The number of hydrogen-bond acceptors (Lipinski definition) is 3. The Labute approximate surface area is 135 Å². The third-order valence-electron chi connectivity index (χ3n) is 3.29. The number of rotatable bonds is 5. The first-order valence-corrected chi connectivity index (χ1v) is 7.28. The average Bonchev–Trinajstić information content (AvgIpc) is 2.63. The molecule has 0 bridgehead atoms. The van der Waals surface area contributed by atoms with Crippen molar-refractivity contribution in [2.75, 3.05) is 0 Å². The first-order valence-electron chi connectivity index (χ1n) is 7.28. The Hall–Kier alpha value is -3.25.